The van der Waals surface area contributed by atoms with Gasteiger partial charge in [0.1, 0.15) is 5.69 Å². The minimum Gasteiger partial charge on any atom is -0.359 e. The van der Waals surface area contributed by atoms with Gasteiger partial charge >= 0.3 is 0 Å². The summed E-state index contributed by atoms with van der Waals surface area (Å²) in [6.45, 7) is 2.73. The molecule has 4 nitrogen and oxygen atoms in total. The molecule has 1 N–H and O–H groups in total. The highest BCUT2D eigenvalue weighted by Crippen LogP contribution is 2.18. The van der Waals surface area contributed by atoms with Crippen LogP contribution in [0.3, 0.4) is 0 Å². The first-order chi connectivity index (χ1) is 8.79. The van der Waals surface area contributed by atoms with E-state index in [1.54, 1.807) is 0 Å². The zero-order valence-corrected chi connectivity index (χ0v) is 10.9. The van der Waals surface area contributed by atoms with Gasteiger partial charge in [0.15, 0.2) is 5.76 Å². The molecule has 18 heavy (non-hydrogen) atoms. The summed E-state index contributed by atoms with van der Waals surface area (Å²) in [5, 5.41) is 7.23. The molecule has 2 rings (SSSR count). The molecule has 0 aliphatic heterocycles. The lowest BCUT2D eigenvalue weighted by molar-refractivity contribution is 0.274. The molecule has 0 saturated carbocycles. The lowest BCUT2D eigenvalue weighted by Crippen LogP contribution is -2.26. The molecule has 0 fully saturated rings. The van der Waals surface area contributed by atoms with Crippen LogP contribution in [0.1, 0.15) is 5.76 Å². The summed E-state index contributed by atoms with van der Waals surface area (Å²) in [7, 11) is 4.03. The maximum atomic E-state index is 5.36. The Hall–Kier alpha value is -1.65. The predicted octanol–water partition coefficient (Wildman–Crippen LogP) is 1.99. The maximum absolute atomic E-state index is 5.36. The van der Waals surface area contributed by atoms with Gasteiger partial charge in [0.05, 0.1) is 6.54 Å². The van der Waals surface area contributed by atoms with Crippen LogP contribution < -0.4 is 5.32 Å². The molecule has 0 aliphatic carbocycles. The van der Waals surface area contributed by atoms with Crippen molar-refractivity contribution in [2.75, 3.05) is 27.2 Å². The fourth-order valence-corrected chi connectivity index (χ4v) is 1.78. The van der Waals surface area contributed by atoms with E-state index >= 15 is 0 Å². The summed E-state index contributed by atoms with van der Waals surface area (Å²) in [4.78, 5) is 2.20. The molecule has 2 aromatic rings. The summed E-state index contributed by atoms with van der Waals surface area (Å²) in [6, 6.07) is 12.1. The first-order valence-electron chi connectivity index (χ1n) is 6.14. The number of hydrogen-bond donors (Lipinski definition) is 1. The van der Waals surface area contributed by atoms with E-state index in [4.69, 9.17) is 4.52 Å². The average molecular weight is 245 g/mol. The van der Waals surface area contributed by atoms with Crippen LogP contribution in [0.5, 0.6) is 0 Å². The van der Waals surface area contributed by atoms with Gasteiger partial charge in [-0.05, 0) is 14.1 Å². The van der Waals surface area contributed by atoms with Gasteiger partial charge in [-0.2, -0.15) is 0 Å². The van der Waals surface area contributed by atoms with E-state index in [1.807, 2.05) is 43.4 Å². The van der Waals surface area contributed by atoms with Crippen molar-refractivity contribution < 1.29 is 4.52 Å². The highest BCUT2D eigenvalue weighted by atomic mass is 16.5. The van der Waals surface area contributed by atoms with Gasteiger partial charge in [-0.15, -0.1) is 0 Å². The number of likely N-dealkylation sites (N-methyl/N-ethyl adjacent to an activating group) is 2. The summed E-state index contributed by atoms with van der Waals surface area (Å²) in [5.74, 6) is 0.896. The molecular formula is C14H19N3O. The predicted molar refractivity (Wildman–Crippen MR) is 72.2 cm³/mol. The highest BCUT2D eigenvalue weighted by molar-refractivity contribution is 5.58. The van der Waals surface area contributed by atoms with Crippen molar-refractivity contribution in [3.8, 4) is 11.3 Å². The quantitative estimate of drug-likeness (QED) is 0.845. The fraction of sp³-hybridized carbons (Fsp3) is 0.357. The van der Waals surface area contributed by atoms with E-state index in [9.17, 15) is 0 Å². The second-order valence-electron chi connectivity index (χ2n) is 4.39. The van der Waals surface area contributed by atoms with Crippen molar-refractivity contribution in [1.29, 1.82) is 0 Å². The molecule has 1 aromatic carbocycles. The number of aromatic nitrogens is 1. The van der Waals surface area contributed by atoms with Crippen molar-refractivity contribution in [3.63, 3.8) is 0 Å². The third-order valence-corrected chi connectivity index (χ3v) is 2.80. The van der Waals surface area contributed by atoms with E-state index in [-0.39, 0.29) is 0 Å². The Morgan fingerprint density at radius 2 is 2.06 bits per heavy atom. The van der Waals surface area contributed by atoms with Gasteiger partial charge in [0, 0.05) is 24.7 Å². The molecule has 0 aliphatic rings. The Morgan fingerprint density at radius 1 is 1.28 bits per heavy atom. The standard InChI is InChI=1S/C14H19N3O/c1-15-8-9-17(2)11-13-10-14(16-18-13)12-6-4-3-5-7-12/h3-7,10,15H,8-9,11H2,1-2H3. The maximum Gasteiger partial charge on any atom is 0.151 e. The van der Waals surface area contributed by atoms with E-state index in [0.29, 0.717) is 0 Å². The number of nitrogens with one attached hydrogen (secondary N) is 1. The van der Waals surface area contributed by atoms with Crippen molar-refractivity contribution >= 4 is 0 Å². The Bertz CT molecular complexity index is 467. The third-order valence-electron chi connectivity index (χ3n) is 2.80. The highest BCUT2D eigenvalue weighted by Gasteiger charge is 2.08. The van der Waals surface area contributed by atoms with Crippen LogP contribution in [0.2, 0.25) is 0 Å². The van der Waals surface area contributed by atoms with Crippen molar-refractivity contribution in [1.82, 2.24) is 15.4 Å². The lowest BCUT2D eigenvalue weighted by atomic mass is 10.1. The molecule has 1 heterocycles. The van der Waals surface area contributed by atoms with Crippen LogP contribution in [0.4, 0.5) is 0 Å². The molecule has 0 radical (unpaired) electrons. The molecule has 0 atom stereocenters. The molecule has 4 heteroatoms. The topological polar surface area (TPSA) is 41.3 Å². The first kappa shape index (κ1) is 12.8. The van der Waals surface area contributed by atoms with Crippen molar-refractivity contribution in [2.45, 2.75) is 6.54 Å². The lowest BCUT2D eigenvalue weighted by Gasteiger charge is -2.13. The monoisotopic (exact) mass is 245 g/mol. The minimum atomic E-state index is 0.779. The summed E-state index contributed by atoms with van der Waals surface area (Å²) in [6.07, 6.45) is 0. The van der Waals surface area contributed by atoms with Gasteiger partial charge in [0.25, 0.3) is 0 Å². The van der Waals surface area contributed by atoms with E-state index in [1.165, 1.54) is 0 Å². The molecule has 0 unspecified atom stereocenters. The largest absolute Gasteiger partial charge is 0.359 e. The van der Waals surface area contributed by atoms with Crippen LogP contribution >= 0.6 is 0 Å². The normalized spacial score (nSPS) is 11.1. The van der Waals surface area contributed by atoms with Crippen LogP contribution in [-0.2, 0) is 6.54 Å². The Kier molecular flexibility index (Phi) is 4.50. The zero-order valence-electron chi connectivity index (χ0n) is 10.9. The zero-order chi connectivity index (χ0) is 12.8. The average Bonchev–Trinajstić information content (AvgIpc) is 2.86. The minimum absolute atomic E-state index is 0.779. The van der Waals surface area contributed by atoms with Gasteiger partial charge in [-0.25, -0.2) is 0 Å². The van der Waals surface area contributed by atoms with Crippen LogP contribution in [0.15, 0.2) is 40.9 Å². The van der Waals surface area contributed by atoms with Crippen LogP contribution in [-0.4, -0.2) is 37.2 Å². The van der Waals surface area contributed by atoms with Gasteiger partial charge in [0.2, 0.25) is 0 Å². The number of nitrogens with zero attached hydrogens (tertiary/aromatic N) is 2. The summed E-state index contributed by atoms with van der Waals surface area (Å²) >= 11 is 0. The van der Waals surface area contributed by atoms with Gasteiger partial charge in [-0.1, -0.05) is 35.5 Å². The molecule has 0 bridgehead atoms. The van der Waals surface area contributed by atoms with E-state index in [2.05, 4.69) is 22.4 Å². The van der Waals surface area contributed by atoms with Gasteiger partial charge in [-0.3, -0.25) is 4.90 Å². The Labute approximate surface area is 108 Å². The smallest absolute Gasteiger partial charge is 0.151 e. The summed E-state index contributed by atoms with van der Waals surface area (Å²) in [5.41, 5.74) is 1.98. The van der Waals surface area contributed by atoms with E-state index in [0.717, 1.165) is 36.7 Å². The first-order valence-corrected chi connectivity index (χ1v) is 6.14. The number of hydrogen-bond acceptors (Lipinski definition) is 4. The van der Waals surface area contributed by atoms with Crippen LogP contribution in [0, 0.1) is 0 Å². The number of rotatable bonds is 6. The van der Waals surface area contributed by atoms with Gasteiger partial charge < -0.3 is 9.84 Å². The second-order valence-corrected chi connectivity index (χ2v) is 4.39. The third kappa shape index (κ3) is 3.42. The molecular weight excluding hydrogens is 226 g/mol. The van der Waals surface area contributed by atoms with Crippen molar-refractivity contribution in [3.05, 3.63) is 42.2 Å². The molecule has 0 amide bonds. The number of benzene rings is 1. The Balaban J connectivity index is 1.98. The fourth-order valence-electron chi connectivity index (χ4n) is 1.78. The molecule has 96 valence electrons. The molecule has 0 saturated heterocycles. The summed E-state index contributed by atoms with van der Waals surface area (Å²) < 4.78 is 5.36. The molecule has 1 aromatic heterocycles. The SMILES string of the molecule is CNCCN(C)Cc1cc(-c2ccccc2)no1. The second kappa shape index (κ2) is 6.33. The molecule has 0 spiro atoms. The Morgan fingerprint density at radius 3 is 2.78 bits per heavy atom. The van der Waals surface area contributed by atoms with Crippen molar-refractivity contribution in [2.24, 2.45) is 0 Å². The van der Waals surface area contributed by atoms with E-state index < -0.39 is 0 Å². The van der Waals surface area contributed by atoms with Crippen LogP contribution in [0.25, 0.3) is 11.3 Å².